The first kappa shape index (κ1) is 13.0. The molecule has 3 amide bonds. The Morgan fingerprint density at radius 1 is 0.882 bits per heavy atom. The Morgan fingerprint density at radius 2 is 1.24 bits per heavy atom. The monoisotopic (exact) mass is 237 g/mol. The highest BCUT2D eigenvalue weighted by Crippen LogP contribution is 2.09. The van der Waals surface area contributed by atoms with Crippen LogP contribution < -0.4 is 0 Å². The van der Waals surface area contributed by atoms with Crippen molar-refractivity contribution in [1.82, 2.24) is 14.7 Å². The lowest BCUT2D eigenvalue weighted by atomic mass is 10.4. The maximum atomic E-state index is 11.5. The van der Waals surface area contributed by atoms with E-state index in [0.29, 0.717) is 0 Å². The van der Waals surface area contributed by atoms with Crippen molar-refractivity contribution in [3.63, 3.8) is 0 Å². The minimum Gasteiger partial charge on any atom is -0.307 e. The van der Waals surface area contributed by atoms with E-state index in [2.05, 4.69) is 13.2 Å². The van der Waals surface area contributed by atoms with Gasteiger partial charge in [-0.15, -0.1) is 0 Å². The van der Waals surface area contributed by atoms with E-state index < -0.39 is 0 Å². The molecule has 0 N–H and O–H groups in total. The number of amides is 3. The van der Waals surface area contributed by atoms with Gasteiger partial charge in [-0.25, -0.2) is 0 Å². The summed E-state index contributed by atoms with van der Waals surface area (Å²) in [4.78, 5) is 38.4. The Kier molecular flexibility index (Phi) is 4.03. The van der Waals surface area contributed by atoms with Gasteiger partial charge in [0.15, 0.2) is 0 Å². The molecule has 1 aliphatic heterocycles. The van der Waals surface area contributed by atoms with Gasteiger partial charge < -0.3 is 14.7 Å². The van der Waals surface area contributed by atoms with Gasteiger partial charge >= 0.3 is 0 Å². The predicted molar refractivity (Wildman–Crippen MR) is 61.2 cm³/mol. The summed E-state index contributed by atoms with van der Waals surface area (Å²) in [5.74, 6) is -0.843. The van der Waals surface area contributed by atoms with Gasteiger partial charge in [-0.1, -0.05) is 13.2 Å². The van der Waals surface area contributed by atoms with Gasteiger partial charge in [0.2, 0.25) is 17.7 Å². The molecular formula is C11H15N3O3. The molecule has 92 valence electrons. The van der Waals surface area contributed by atoms with Crippen molar-refractivity contribution in [2.45, 2.75) is 6.92 Å². The van der Waals surface area contributed by atoms with Crippen molar-refractivity contribution in [2.24, 2.45) is 0 Å². The van der Waals surface area contributed by atoms with Crippen LogP contribution >= 0.6 is 0 Å². The molecule has 6 nitrogen and oxygen atoms in total. The fourth-order valence-corrected chi connectivity index (χ4v) is 1.49. The molecule has 17 heavy (non-hydrogen) atoms. The summed E-state index contributed by atoms with van der Waals surface area (Å²) in [5.41, 5.74) is 0. The van der Waals surface area contributed by atoms with Gasteiger partial charge in [-0.3, -0.25) is 14.4 Å². The van der Waals surface area contributed by atoms with Crippen LogP contribution in [0, 0.1) is 0 Å². The van der Waals surface area contributed by atoms with Crippen LogP contribution in [-0.2, 0) is 14.4 Å². The lowest BCUT2D eigenvalue weighted by molar-refractivity contribution is -0.153. The highest BCUT2D eigenvalue weighted by Gasteiger charge is 2.28. The van der Waals surface area contributed by atoms with E-state index >= 15 is 0 Å². The minimum atomic E-state index is -0.321. The van der Waals surface area contributed by atoms with Gasteiger partial charge in [-0.2, -0.15) is 0 Å². The third kappa shape index (κ3) is 2.93. The second-order valence-corrected chi connectivity index (χ2v) is 3.65. The van der Waals surface area contributed by atoms with Crippen molar-refractivity contribution in [1.29, 1.82) is 0 Å². The molecule has 1 aliphatic rings. The van der Waals surface area contributed by atoms with E-state index in [4.69, 9.17) is 0 Å². The second-order valence-electron chi connectivity index (χ2n) is 3.65. The lowest BCUT2D eigenvalue weighted by Crippen LogP contribution is -2.58. The van der Waals surface area contributed by atoms with E-state index in [0.717, 1.165) is 12.2 Å². The fraction of sp³-hybridized carbons (Fsp3) is 0.364. The zero-order valence-electron chi connectivity index (χ0n) is 9.76. The van der Waals surface area contributed by atoms with E-state index in [1.807, 2.05) is 0 Å². The fourth-order valence-electron chi connectivity index (χ4n) is 1.49. The van der Waals surface area contributed by atoms with Crippen molar-refractivity contribution in [3.05, 3.63) is 25.3 Å². The highest BCUT2D eigenvalue weighted by molar-refractivity contribution is 5.90. The summed E-state index contributed by atoms with van der Waals surface area (Å²) in [6.07, 6.45) is 2.31. The molecule has 0 radical (unpaired) electrons. The second kappa shape index (κ2) is 5.29. The Labute approximate surface area is 99.8 Å². The molecule has 0 aromatic heterocycles. The molecular weight excluding hydrogens is 222 g/mol. The third-order valence-electron chi connectivity index (χ3n) is 2.44. The van der Waals surface area contributed by atoms with Gasteiger partial charge in [0.25, 0.3) is 0 Å². The standard InChI is InChI=1S/C11H15N3O3/c1-4-10(16)13-6-12(9(3)15)7-14(8-13)11(17)5-2/h4-5H,1-2,6-8H2,3H3. The smallest absolute Gasteiger partial charge is 0.248 e. The zero-order chi connectivity index (χ0) is 13.0. The number of hydrogen-bond acceptors (Lipinski definition) is 3. The maximum Gasteiger partial charge on any atom is 0.248 e. The third-order valence-corrected chi connectivity index (χ3v) is 2.44. The van der Waals surface area contributed by atoms with Crippen LogP contribution in [0.15, 0.2) is 25.3 Å². The van der Waals surface area contributed by atoms with Gasteiger partial charge in [0.05, 0.1) is 20.0 Å². The number of carbonyl (C=O) groups excluding carboxylic acids is 3. The molecule has 0 saturated carbocycles. The van der Waals surface area contributed by atoms with E-state index in [1.54, 1.807) is 0 Å². The summed E-state index contributed by atoms with van der Waals surface area (Å²) < 4.78 is 0. The molecule has 1 saturated heterocycles. The topological polar surface area (TPSA) is 60.9 Å². The lowest BCUT2D eigenvalue weighted by Gasteiger charge is -2.41. The van der Waals surface area contributed by atoms with Crippen LogP contribution in [0.1, 0.15) is 6.92 Å². The molecule has 0 aromatic carbocycles. The van der Waals surface area contributed by atoms with Crippen molar-refractivity contribution in [2.75, 3.05) is 20.0 Å². The van der Waals surface area contributed by atoms with Crippen LogP contribution in [0.5, 0.6) is 0 Å². The van der Waals surface area contributed by atoms with Gasteiger partial charge in [0, 0.05) is 6.92 Å². The molecule has 1 heterocycles. The molecule has 0 aliphatic carbocycles. The average Bonchev–Trinajstić information content (AvgIpc) is 2.36. The quantitative estimate of drug-likeness (QED) is 0.622. The average molecular weight is 237 g/mol. The van der Waals surface area contributed by atoms with Crippen LogP contribution in [0.25, 0.3) is 0 Å². The number of nitrogens with zero attached hydrogens (tertiary/aromatic N) is 3. The van der Waals surface area contributed by atoms with E-state index in [9.17, 15) is 14.4 Å². The van der Waals surface area contributed by atoms with Crippen LogP contribution in [-0.4, -0.2) is 52.4 Å². The molecule has 0 atom stereocenters. The predicted octanol–water partition coefficient (Wildman–Crippen LogP) is -0.250. The van der Waals surface area contributed by atoms with Crippen LogP contribution in [0.4, 0.5) is 0 Å². The Hall–Kier alpha value is -2.11. The minimum absolute atomic E-state index is 0.138. The highest BCUT2D eigenvalue weighted by atomic mass is 16.2. The Morgan fingerprint density at radius 3 is 1.53 bits per heavy atom. The maximum absolute atomic E-state index is 11.5. The Balaban J connectivity index is 2.86. The molecule has 0 bridgehead atoms. The van der Waals surface area contributed by atoms with Gasteiger partial charge in [0.1, 0.15) is 0 Å². The molecule has 1 fully saturated rings. The Bertz CT molecular complexity index is 350. The van der Waals surface area contributed by atoms with Crippen LogP contribution in [0.2, 0.25) is 0 Å². The van der Waals surface area contributed by atoms with Crippen molar-refractivity contribution < 1.29 is 14.4 Å². The molecule has 0 aromatic rings. The number of hydrogen-bond donors (Lipinski definition) is 0. The van der Waals surface area contributed by atoms with Crippen molar-refractivity contribution >= 4 is 17.7 Å². The first-order valence-electron chi connectivity index (χ1n) is 5.07. The summed E-state index contributed by atoms with van der Waals surface area (Å²) >= 11 is 0. The first-order valence-corrected chi connectivity index (χ1v) is 5.07. The SMILES string of the molecule is C=CC(=O)N1CN(C(C)=O)CN(C(=O)C=C)C1. The summed E-state index contributed by atoms with van der Waals surface area (Å²) in [5, 5.41) is 0. The molecule has 1 rings (SSSR count). The van der Waals surface area contributed by atoms with E-state index in [1.165, 1.54) is 21.6 Å². The molecule has 6 heteroatoms. The van der Waals surface area contributed by atoms with Crippen LogP contribution in [0.3, 0.4) is 0 Å². The summed E-state index contributed by atoms with van der Waals surface area (Å²) in [7, 11) is 0. The molecule has 0 unspecified atom stereocenters. The van der Waals surface area contributed by atoms with Gasteiger partial charge in [-0.05, 0) is 12.2 Å². The number of carbonyl (C=O) groups is 3. The van der Waals surface area contributed by atoms with Crippen molar-refractivity contribution in [3.8, 4) is 0 Å². The number of rotatable bonds is 2. The van der Waals surface area contributed by atoms with E-state index in [-0.39, 0.29) is 37.7 Å². The molecule has 0 spiro atoms. The summed E-state index contributed by atoms with van der Waals surface area (Å²) in [6.45, 7) is 8.62. The summed E-state index contributed by atoms with van der Waals surface area (Å²) in [6, 6.07) is 0. The normalized spacial score (nSPS) is 15.5. The first-order chi connectivity index (χ1) is 7.99. The zero-order valence-corrected chi connectivity index (χ0v) is 9.76. The largest absolute Gasteiger partial charge is 0.307 e.